The average Bonchev–Trinajstić information content (AvgIpc) is 2.65. The zero-order valence-corrected chi connectivity index (χ0v) is 14.9. The number of carboxylic acids is 1. The number of hydrogen-bond acceptors (Lipinski definition) is 7. The fourth-order valence-corrected chi connectivity index (χ4v) is 2.31. The Kier molecular flexibility index (Phi) is 10.8. The Bertz CT molecular complexity index is 506. The van der Waals surface area contributed by atoms with E-state index in [1.165, 1.54) is 0 Å². The number of carboxylic acid groups (broad SMARTS) is 1. The Morgan fingerprint density at radius 1 is 1.28 bits per heavy atom. The summed E-state index contributed by atoms with van der Waals surface area (Å²) in [6, 6.07) is 4.92. The molecule has 8 nitrogen and oxygen atoms in total. The monoisotopic (exact) mass is 356 g/mol. The van der Waals surface area contributed by atoms with Gasteiger partial charge >= 0.3 is 5.97 Å². The Labute approximate surface area is 148 Å². The van der Waals surface area contributed by atoms with Crippen LogP contribution in [0.3, 0.4) is 0 Å². The molecular formula is C17H28N2O6. The van der Waals surface area contributed by atoms with Crippen LogP contribution in [-0.2, 0) is 16.1 Å². The van der Waals surface area contributed by atoms with Crippen LogP contribution < -0.4 is 10.4 Å². The molecule has 1 heterocycles. The molecule has 0 radical (unpaired) electrons. The van der Waals surface area contributed by atoms with Crippen LogP contribution in [0.2, 0.25) is 0 Å². The van der Waals surface area contributed by atoms with Crippen LogP contribution in [0.1, 0.15) is 36.2 Å². The normalized spacial score (nSPS) is 14.5. The number of rotatable bonds is 9. The number of hydrogen-bond donors (Lipinski definition) is 3. The fourth-order valence-electron chi connectivity index (χ4n) is 2.31. The van der Waals surface area contributed by atoms with Gasteiger partial charge in [0.15, 0.2) is 0 Å². The summed E-state index contributed by atoms with van der Waals surface area (Å²) in [4.78, 5) is 18.0. The van der Waals surface area contributed by atoms with Crippen molar-refractivity contribution < 1.29 is 29.4 Å². The van der Waals surface area contributed by atoms with E-state index in [0.29, 0.717) is 38.5 Å². The summed E-state index contributed by atoms with van der Waals surface area (Å²) in [5.74, 6) is -0.422. The molecule has 0 aliphatic carbocycles. The molecule has 1 fully saturated rings. The lowest BCUT2D eigenvalue weighted by molar-refractivity contribution is -0.128. The van der Waals surface area contributed by atoms with E-state index >= 15 is 0 Å². The number of nitrogens with zero attached hydrogens (tertiary/aromatic N) is 1. The largest absolute Gasteiger partial charge is 0.493 e. The SMILES string of the molecule is CC.O=C(O)c1ccc(CN2CCOCC2)c(OCCCONO)c1. The molecule has 1 saturated heterocycles. The van der Waals surface area contributed by atoms with Crippen LogP contribution in [0.5, 0.6) is 5.75 Å². The lowest BCUT2D eigenvalue weighted by Crippen LogP contribution is -2.35. The third-order valence-corrected chi connectivity index (χ3v) is 3.52. The maximum atomic E-state index is 11.1. The standard InChI is InChI=1S/C15H22N2O6.C2H6/c18-15(19)12-2-3-13(11-17-4-8-21-9-5-17)14(10-12)22-6-1-7-23-16-20;1-2/h2-3,10,16,20H,1,4-9,11H2,(H,18,19);1-2H3. The second-order valence-electron chi connectivity index (χ2n) is 5.16. The topological polar surface area (TPSA) is 100 Å². The van der Waals surface area contributed by atoms with Gasteiger partial charge in [0.25, 0.3) is 0 Å². The Balaban J connectivity index is 0.00000151. The van der Waals surface area contributed by atoms with Gasteiger partial charge in [0.05, 0.1) is 32.0 Å². The van der Waals surface area contributed by atoms with Crippen molar-refractivity contribution in [3.8, 4) is 5.75 Å². The zero-order chi connectivity index (χ0) is 18.5. The molecule has 0 amide bonds. The van der Waals surface area contributed by atoms with Gasteiger partial charge in [-0.25, -0.2) is 4.79 Å². The highest BCUT2D eigenvalue weighted by Crippen LogP contribution is 2.23. The van der Waals surface area contributed by atoms with Crippen molar-refractivity contribution in [3.05, 3.63) is 29.3 Å². The predicted octanol–water partition coefficient (Wildman–Crippen LogP) is 1.92. The van der Waals surface area contributed by atoms with Crippen molar-refractivity contribution in [2.75, 3.05) is 39.5 Å². The van der Waals surface area contributed by atoms with Gasteiger partial charge in [-0.1, -0.05) is 25.6 Å². The van der Waals surface area contributed by atoms with Crippen molar-refractivity contribution in [1.29, 1.82) is 0 Å². The Morgan fingerprint density at radius 3 is 2.64 bits per heavy atom. The van der Waals surface area contributed by atoms with Gasteiger partial charge in [0, 0.05) is 31.6 Å². The van der Waals surface area contributed by atoms with E-state index in [1.807, 2.05) is 13.8 Å². The number of carbonyl (C=O) groups is 1. The third-order valence-electron chi connectivity index (χ3n) is 3.52. The maximum Gasteiger partial charge on any atom is 0.335 e. The molecule has 1 aliphatic heterocycles. The maximum absolute atomic E-state index is 11.1. The van der Waals surface area contributed by atoms with Crippen LogP contribution in [-0.4, -0.2) is 60.7 Å². The summed E-state index contributed by atoms with van der Waals surface area (Å²) in [6.45, 7) is 8.43. The summed E-state index contributed by atoms with van der Waals surface area (Å²) >= 11 is 0. The highest BCUT2D eigenvalue weighted by molar-refractivity contribution is 5.88. The van der Waals surface area contributed by atoms with Crippen LogP contribution >= 0.6 is 0 Å². The molecule has 0 aromatic heterocycles. The van der Waals surface area contributed by atoms with Gasteiger partial charge in [-0.05, 0) is 12.1 Å². The first-order valence-electron chi connectivity index (χ1n) is 8.50. The molecule has 0 spiro atoms. The molecule has 3 N–H and O–H groups in total. The highest BCUT2D eigenvalue weighted by Gasteiger charge is 2.15. The smallest absolute Gasteiger partial charge is 0.335 e. The summed E-state index contributed by atoms with van der Waals surface area (Å²) < 4.78 is 11.0. The van der Waals surface area contributed by atoms with E-state index in [0.717, 1.165) is 18.7 Å². The van der Waals surface area contributed by atoms with E-state index in [2.05, 4.69) is 9.74 Å². The number of morpholine rings is 1. The lowest BCUT2D eigenvalue weighted by Gasteiger charge is -2.27. The minimum absolute atomic E-state index is 0.194. The fraction of sp³-hybridized carbons (Fsp3) is 0.588. The number of aromatic carboxylic acids is 1. The van der Waals surface area contributed by atoms with E-state index in [9.17, 15) is 4.79 Å². The van der Waals surface area contributed by atoms with Gasteiger partial charge in [-0.3, -0.25) is 14.9 Å². The third kappa shape index (κ3) is 7.80. The Hall–Kier alpha value is -1.71. The van der Waals surface area contributed by atoms with Crippen molar-refractivity contribution in [2.24, 2.45) is 0 Å². The van der Waals surface area contributed by atoms with Crippen molar-refractivity contribution >= 4 is 5.97 Å². The van der Waals surface area contributed by atoms with Crippen LogP contribution in [0.25, 0.3) is 0 Å². The molecule has 0 unspecified atom stereocenters. The molecule has 8 heteroatoms. The van der Waals surface area contributed by atoms with Gasteiger partial charge in [0.1, 0.15) is 5.75 Å². The molecule has 1 aliphatic rings. The molecule has 0 atom stereocenters. The highest BCUT2D eigenvalue weighted by atomic mass is 16.8. The molecule has 0 bridgehead atoms. The van der Waals surface area contributed by atoms with Crippen LogP contribution in [0.15, 0.2) is 18.2 Å². The van der Waals surface area contributed by atoms with Crippen molar-refractivity contribution in [3.63, 3.8) is 0 Å². The predicted molar refractivity (Wildman–Crippen MR) is 91.8 cm³/mol. The van der Waals surface area contributed by atoms with Gasteiger partial charge in [0.2, 0.25) is 0 Å². The number of nitrogens with one attached hydrogen (secondary N) is 1. The zero-order valence-electron chi connectivity index (χ0n) is 14.9. The lowest BCUT2D eigenvalue weighted by atomic mass is 10.1. The average molecular weight is 356 g/mol. The van der Waals surface area contributed by atoms with Gasteiger partial charge in [-0.15, -0.1) is 0 Å². The van der Waals surface area contributed by atoms with Crippen molar-refractivity contribution in [1.82, 2.24) is 10.5 Å². The van der Waals surface area contributed by atoms with E-state index in [-0.39, 0.29) is 12.2 Å². The molecule has 2 rings (SSSR count). The van der Waals surface area contributed by atoms with E-state index in [4.69, 9.17) is 19.8 Å². The minimum Gasteiger partial charge on any atom is -0.493 e. The first-order chi connectivity index (χ1) is 12.2. The molecule has 0 saturated carbocycles. The van der Waals surface area contributed by atoms with Gasteiger partial charge < -0.3 is 14.6 Å². The van der Waals surface area contributed by atoms with Crippen molar-refractivity contribution in [2.45, 2.75) is 26.8 Å². The molecular weight excluding hydrogens is 328 g/mol. The molecule has 1 aromatic carbocycles. The quantitative estimate of drug-likeness (QED) is 0.456. The first kappa shape index (κ1) is 21.3. The van der Waals surface area contributed by atoms with E-state index in [1.54, 1.807) is 23.8 Å². The first-order valence-corrected chi connectivity index (χ1v) is 8.50. The summed E-state index contributed by atoms with van der Waals surface area (Å²) in [5.41, 5.74) is 2.74. The molecule has 1 aromatic rings. The molecule has 142 valence electrons. The summed E-state index contributed by atoms with van der Waals surface area (Å²) in [6.07, 6.45) is 0.557. The van der Waals surface area contributed by atoms with Crippen LogP contribution in [0, 0.1) is 0 Å². The van der Waals surface area contributed by atoms with Crippen LogP contribution in [0.4, 0.5) is 0 Å². The van der Waals surface area contributed by atoms with E-state index < -0.39 is 5.97 Å². The number of ether oxygens (including phenoxy) is 2. The summed E-state index contributed by atoms with van der Waals surface area (Å²) in [5, 5.41) is 17.4. The number of benzene rings is 1. The Morgan fingerprint density at radius 2 is 2.00 bits per heavy atom. The summed E-state index contributed by atoms with van der Waals surface area (Å²) in [7, 11) is 0. The van der Waals surface area contributed by atoms with Gasteiger partial charge in [-0.2, -0.15) is 0 Å². The minimum atomic E-state index is -0.986. The molecule has 25 heavy (non-hydrogen) atoms. The second-order valence-corrected chi connectivity index (χ2v) is 5.16. The second kappa shape index (κ2) is 12.6.